The van der Waals surface area contributed by atoms with Gasteiger partial charge >= 0.3 is 0 Å². The van der Waals surface area contributed by atoms with Gasteiger partial charge in [-0.2, -0.15) is 0 Å². The van der Waals surface area contributed by atoms with Gasteiger partial charge in [0.15, 0.2) is 6.61 Å². The van der Waals surface area contributed by atoms with Gasteiger partial charge in [0.05, 0.1) is 4.90 Å². The van der Waals surface area contributed by atoms with Crippen molar-refractivity contribution in [2.75, 3.05) is 18.4 Å². The van der Waals surface area contributed by atoms with Gasteiger partial charge in [-0.25, -0.2) is 8.42 Å². The topological polar surface area (TPSA) is 75.7 Å². The number of anilines is 1. The van der Waals surface area contributed by atoms with Crippen molar-refractivity contribution < 1.29 is 17.9 Å². The lowest BCUT2D eigenvalue weighted by molar-refractivity contribution is -0.132. The van der Waals surface area contributed by atoms with Crippen molar-refractivity contribution in [3.05, 3.63) is 89.5 Å². The summed E-state index contributed by atoms with van der Waals surface area (Å²) in [5.74, 6) is 0.254. The Morgan fingerprint density at radius 2 is 1.55 bits per heavy atom. The summed E-state index contributed by atoms with van der Waals surface area (Å²) in [4.78, 5) is 14.0. The number of rotatable bonds is 8. The zero-order valence-corrected chi connectivity index (χ0v) is 18.6. The van der Waals surface area contributed by atoms with Gasteiger partial charge in [0.2, 0.25) is 0 Å². The summed E-state index contributed by atoms with van der Waals surface area (Å²) < 4.78 is 33.4. The first kappa shape index (κ1) is 22.4. The largest absolute Gasteiger partial charge is 0.484 e. The fourth-order valence-electron chi connectivity index (χ4n) is 3.16. The molecule has 0 atom stereocenters. The molecule has 0 radical (unpaired) electrons. The predicted octanol–water partition coefficient (Wildman–Crippen LogP) is 4.14. The molecule has 0 aliphatic heterocycles. The lowest BCUT2D eigenvalue weighted by atomic mass is 10.1. The Hall–Kier alpha value is -3.32. The van der Waals surface area contributed by atoms with Crippen molar-refractivity contribution in [3.8, 4) is 5.75 Å². The van der Waals surface area contributed by atoms with E-state index < -0.39 is 10.0 Å². The number of nitrogens with zero attached hydrogens (tertiary/aromatic N) is 1. The van der Waals surface area contributed by atoms with Crippen LogP contribution in [0.2, 0.25) is 0 Å². The van der Waals surface area contributed by atoms with Crippen LogP contribution in [-0.4, -0.2) is 32.9 Å². The van der Waals surface area contributed by atoms with E-state index in [1.165, 1.54) is 12.1 Å². The number of aryl methyl sites for hydroxylation is 2. The van der Waals surface area contributed by atoms with Crippen LogP contribution in [0.4, 0.5) is 5.69 Å². The molecule has 0 unspecified atom stereocenters. The molecular weight excluding hydrogens is 412 g/mol. The third-order valence-corrected chi connectivity index (χ3v) is 6.06. The standard InChI is InChI=1S/C24H26N2O4S/c1-18-13-19(2)15-21(14-18)25-31(28,29)23-11-9-22(10-12-23)30-17-24(27)26(3)16-20-7-5-4-6-8-20/h4-15,25H,16-17H2,1-3H3. The minimum absolute atomic E-state index is 0.117. The fraction of sp³-hybridized carbons (Fsp3) is 0.208. The Morgan fingerprint density at radius 1 is 0.935 bits per heavy atom. The summed E-state index contributed by atoms with van der Waals surface area (Å²) in [6.45, 7) is 4.19. The number of amides is 1. The van der Waals surface area contributed by atoms with Gasteiger partial charge < -0.3 is 9.64 Å². The number of hydrogen-bond acceptors (Lipinski definition) is 4. The summed E-state index contributed by atoms with van der Waals surface area (Å²) in [5.41, 5.74) is 3.50. The lowest BCUT2D eigenvalue weighted by Gasteiger charge is -2.17. The Balaban J connectivity index is 1.58. The molecule has 3 rings (SSSR count). The Labute approximate surface area is 183 Å². The molecule has 0 fully saturated rings. The average Bonchev–Trinajstić information content (AvgIpc) is 2.72. The van der Waals surface area contributed by atoms with E-state index in [-0.39, 0.29) is 17.4 Å². The first-order valence-corrected chi connectivity index (χ1v) is 11.3. The number of benzene rings is 3. The molecule has 1 amide bonds. The highest BCUT2D eigenvalue weighted by atomic mass is 32.2. The number of nitrogens with one attached hydrogen (secondary N) is 1. The SMILES string of the molecule is Cc1cc(C)cc(NS(=O)(=O)c2ccc(OCC(=O)N(C)Cc3ccccc3)cc2)c1. The summed E-state index contributed by atoms with van der Waals surface area (Å²) in [5, 5.41) is 0. The van der Waals surface area contributed by atoms with Crippen molar-refractivity contribution in [2.24, 2.45) is 0 Å². The van der Waals surface area contributed by atoms with Crippen LogP contribution in [0.3, 0.4) is 0 Å². The maximum atomic E-state index is 12.7. The smallest absolute Gasteiger partial charge is 0.261 e. The van der Waals surface area contributed by atoms with Crippen LogP contribution in [0.5, 0.6) is 5.75 Å². The molecule has 0 heterocycles. The van der Waals surface area contributed by atoms with E-state index in [0.29, 0.717) is 18.0 Å². The fourth-order valence-corrected chi connectivity index (χ4v) is 4.20. The Morgan fingerprint density at radius 3 is 2.16 bits per heavy atom. The Bertz CT molecular complexity index is 1120. The van der Waals surface area contributed by atoms with Gasteiger partial charge in [0, 0.05) is 19.3 Å². The Kier molecular flexibility index (Phi) is 6.97. The minimum atomic E-state index is -3.72. The highest BCUT2D eigenvalue weighted by Gasteiger charge is 2.15. The van der Waals surface area contributed by atoms with E-state index in [9.17, 15) is 13.2 Å². The van der Waals surface area contributed by atoms with Gasteiger partial charge in [0.1, 0.15) is 5.75 Å². The predicted molar refractivity (Wildman–Crippen MR) is 122 cm³/mol. The van der Waals surface area contributed by atoms with E-state index in [0.717, 1.165) is 16.7 Å². The number of carbonyl (C=O) groups is 1. The minimum Gasteiger partial charge on any atom is -0.484 e. The normalized spacial score (nSPS) is 11.1. The molecule has 3 aromatic rings. The molecule has 0 bridgehead atoms. The summed E-state index contributed by atoms with van der Waals surface area (Å²) >= 11 is 0. The highest BCUT2D eigenvalue weighted by Crippen LogP contribution is 2.21. The third kappa shape index (κ3) is 6.33. The molecule has 7 heteroatoms. The highest BCUT2D eigenvalue weighted by molar-refractivity contribution is 7.92. The van der Waals surface area contributed by atoms with E-state index in [2.05, 4.69) is 4.72 Å². The third-order valence-electron chi connectivity index (χ3n) is 4.66. The molecule has 31 heavy (non-hydrogen) atoms. The number of carbonyl (C=O) groups excluding carboxylic acids is 1. The molecule has 0 saturated heterocycles. The van der Waals surface area contributed by atoms with Gasteiger partial charge in [0.25, 0.3) is 15.9 Å². The molecule has 0 aliphatic carbocycles. The first-order chi connectivity index (χ1) is 14.7. The van der Waals surface area contributed by atoms with Crippen LogP contribution in [0.25, 0.3) is 0 Å². The van der Waals surface area contributed by atoms with E-state index in [4.69, 9.17) is 4.74 Å². The molecule has 162 valence electrons. The zero-order valence-electron chi connectivity index (χ0n) is 17.8. The molecule has 0 aliphatic rings. The summed E-state index contributed by atoms with van der Waals surface area (Å²) in [7, 11) is -2.01. The van der Waals surface area contributed by atoms with Crippen LogP contribution >= 0.6 is 0 Å². The monoisotopic (exact) mass is 438 g/mol. The zero-order chi connectivity index (χ0) is 22.4. The first-order valence-electron chi connectivity index (χ1n) is 9.85. The number of likely N-dealkylation sites (N-methyl/N-ethyl adjacent to an activating group) is 1. The maximum Gasteiger partial charge on any atom is 0.261 e. The molecule has 0 saturated carbocycles. The van der Waals surface area contributed by atoms with Gasteiger partial charge in [-0.05, 0) is 66.9 Å². The second-order valence-corrected chi connectivity index (χ2v) is 9.16. The number of ether oxygens (including phenoxy) is 1. The lowest BCUT2D eigenvalue weighted by Crippen LogP contribution is -2.30. The van der Waals surface area contributed by atoms with Crippen LogP contribution < -0.4 is 9.46 Å². The van der Waals surface area contributed by atoms with Crippen LogP contribution in [0, 0.1) is 13.8 Å². The molecule has 6 nitrogen and oxygen atoms in total. The average molecular weight is 439 g/mol. The summed E-state index contributed by atoms with van der Waals surface area (Å²) in [6, 6.07) is 21.2. The second kappa shape index (κ2) is 9.66. The van der Waals surface area contributed by atoms with Crippen molar-refractivity contribution in [3.63, 3.8) is 0 Å². The maximum absolute atomic E-state index is 12.7. The van der Waals surface area contributed by atoms with Crippen molar-refractivity contribution in [2.45, 2.75) is 25.3 Å². The molecule has 0 aromatic heterocycles. The second-order valence-electron chi connectivity index (χ2n) is 7.48. The van der Waals surface area contributed by atoms with Crippen molar-refractivity contribution >= 4 is 21.6 Å². The van der Waals surface area contributed by atoms with E-state index in [1.807, 2.05) is 50.2 Å². The van der Waals surface area contributed by atoms with Gasteiger partial charge in [-0.1, -0.05) is 36.4 Å². The van der Waals surface area contributed by atoms with E-state index >= 15 is 0 Å². The van der Waals surface area contributed by atoms with Crippen LogP contribution in [-0.2, 0) is 21.4 Å². The summed E-state index contributed by atoms with van der Waals surface area (Å²) in [6.07, 6.45) is 0. The van der Waals surface area contributed by atoms with Crippen LogP contribution in [0.15, 0.2) is 77.7 Å². The molecule has 0 spiro atoms. The molecule has 3 aromatic carbocycles. The quantitative estimate of drug-likeness (QED) is 0.574. The van der Waals surface area contributed by atoms with E-state index in [1.54, 1.807) is 36.2 Å². The van der Waals surface area contributed by atoms with Gasteiger partial charge in [-0.15, -0.1) is 0 Å². The molecular formula is C24H26N2O4S. The van der Waals surface area contributed by atoms with Crippen molar-refractivity contribution in [1.82, 2.24) is 4.90 Å². The van der Waals surface area contributed by atoms with Gasteiger partial charge in [-0.3, -0.25) is 9.52 Å². The number of sulfonamides is 1. The molecule has 1 N–H and O–H groups in total. The van der Waals surface area contributed by atoms with Crippen LogP contribution in [0.1, 0.15) is 16.7 Å². The van der Waals surface area contributed by atoms with Crippen molar-refractivity contribution in [1.29, 1.82) is 0 Å². The number of hydrogen-bond donors (Lipinski definition) is 1.